The molecule has 1 amide bonds. The summed E-state index contributed by atoms with van der Waals surface area (Å²) in [7, 11) is 3.20. The fourth-order valence-corrected chi connectivity index (χ4v) is 3.29. The first-order chi connectivity index (χ1) is 14.5. The molecular formula is C23H27N3O4. The Bertz CT molecular complexity index is 993. The normalized spacial score (nSPS) is 10.5. The topological polar surface area (TPSA) is 74.6 Å². The molecule has 0 unspecified atom stereocenters. The molecule has 0 spiro atoms. The zero-order valence-corrected chi connectivity index (χ0v) is 17.8. The van der Waals surface area contributed by atoms with Gasteiger partial charge in [0.05, 0.1) is 40.0 Å². The maximum atomic E-state index is 12.4. The van der Waals surface area contributed by atoms with Gasteiger partial charge in [-0.1, -0.05) is 18.2 Å². The van der Waals surface area contributed by atoms with Crippen LogP contribution in [0.4, 0.5) is 5.82 Å². The van der Waals surface area contributed by atoms with Crippen LogP contribution in [0.15, 0.2) is 48.7 Å². The highest BCUT2D eigenvalue weighted by molar-refractivity contribution is 5.89. The van der Waals surface area contributed by atoms with Crippen LogP contribution in [0.2, 0.25) is 0 Å². The fraction of sp³-hybridized carbons (Fsp3) is 0.304. The Hall–Kier alpha value is -3.48. The van der Waals surface area contributed by atoms with E-state index in [0.29, 0.717) is 30.5 Å². The molecule has 2 aromatic carbocycles. The van der Waals surface area contributed by atoms with Crippen molar-refractivity contribution in [3.05, 3.63) is 65.4 Å². The summed E-state index contributed by atoms with van der Waals surface area (Å²) in [6.45, 7) is 4.77. The van der Waals surface area contributed by atoms with E-state index >= 15 is 0 Å². The highest BCUT2D eigenvalue weighted by atomic mass is 16.5. The number of amides is 1. The molecule has 1 aromatic heterocycles. The van der Waals surface area contributed by atoms with E-state index in [9.17, 15) is 4.79 Å². The van der Waals surface area contributed by atoms with E-state index in [0.717, 1.165) is 22.4 Å². The first-order valence-corrected chi connectivity index (χ1v) is 9.72. The van der Waals surface area contributed by atoms with Gasteiger partial charge in [-0.25, -0.2) is 4.68 Å². The molecule has 3 rings (SSSR count). The Morgan fingerprint density at radius 2 is 1.83 bits per heavy atom. The van der Waals surface area contributed by atoms with E-state index in [2.05, 4.69) is 16.5 Å². The Morgan fingerprint density at radius 1 is 1.07 bits per heavy atom. The molecule has 0 atom stereocenters. The number of benzene rings is 2. The summed E-state index contributed by atoms with van der Waals surface area (Å²) in [6, 6.07) is 13.4. The van der Waals surface area contributed by atoms with E-state index in [1.165, 1.54) is 0 Å². The minimum absolute atomic E-state index is 0.140. The zero-order chi connectivity index (χ0) is 21.5. The third-order valence-corrected chi connectivity index (χ3v) is 4.58. The van der Waals surface area contributed by atoms with Crippen LogP contribution in [0.3, 0.4) is 0 Å². The number of nitrogens with one attached hydrogen (secondary N) is 1. The van der Waals surface area contributed by atoms with E-state index in [-0.39, 0.29) is 12.3 Å². The van der Waals surface area contributed by atoms with Gasteiger partial charge in [-0.05, 0) is 43.2 Å². The predicted octanol–water partition coefficient (Wildman–Crippen LogP) is 3.97. The van der Waals surface area contributed by atoms with E-state index in [4.69, 9.17) is 14.2 Å². The number of carbonyl (C=O) groups is 1. The van der Waals surface area contributed by atoms with Crippen LogP contribution in [0.5, 0.6) is 17.2 Å². The number of rotatable bonds is 9. The summed E-state index contributed by atoms with van der Waals surface area (Å²) >= 11 is 0. The highest BCUT2D eigenvalue weighted by Gasteiger charge is 2.13. The molecule has 0 aliphatic carbocycles. The molecule has 0 aliphatic rings. The fourth-order valence-electron chi connectivity index (χ4n) is 3.29. The van der Waals surface area contributed by atoms with Crippen molar-refractivity contribution in [3.63, 3.8) is 0 Å². The second kappa shape index (κ2) is 9.82. The number of hydrogen-bond donors (Lipinski definition) is 1. The molecule has 0 saturated carbocycles. The number of para-hydroxylation sites is 1. The van der Waals surface area contributed by atoms with Crippen molar-refractivity contribution in [2.24, 2.45) is 0 Å². The number of aromatic nitrogens is 2. The summed E-state index contributed by atoms with van der Waals surface area (Å²) in [5.41, 5.74) is 3.16. The first kappa shape index (κ1) is 21.2. The molecule has 1 N–H and O–H groups in total. The lowest BCUT2D eigenvalue weighted by molar-refractivity contribution is -0.116. The molecule has 0 fully saturated rings. The second-order valence-corrected chi connectivity index (χ2v) is 7.00. The lowest BCUT2D eigenvalue weighted by atomic mass is 10.1. The summed E-state index contributed by atoms with van der Waals surface area (Å²) in [5, 5.41) is 7.21. The Balaban J connectivity index is 1.60. The summed E-state index contributed by atoms with van der Waals surface area (Å²) in [4.78, 5) is 12.4. The van der Waals surface area contributed by atoms with Crippen molar-refractivity contribution in [2.45, 2.75) is 26.8 Å². The Labute approximate surface area is 176 Å². The van der Waals surface area contributed by atoms with Crippen LogP contribution < -0.4 is 19.5 Å². The molecule has 7 nitrogen and oxygen atoms in total. The van der Waals surface area contributed by atoms with Gasteiger partial charge in [0.25, 0.3) is 0 Å². The molecular weight excluding hydrogens is 382 g/mol. The van der Waals surface area contributed by atoms with Crippen LogP contribution in [0.1, 0.15) is 23.1 Å². The van der Waals surface area contributed by atoms with Gasteiger partial charge < -0.3 is 19.5 Å². The molecule has 0 radical (unpaired) electrons. The van der Waals surface area contributed by atoms with Gasteiger partial charge in [0.2, 0.25) is 5.91 Å². The van der Waals surface area contributed by atoms with Crippen molar-refractivity contribution < 1.29 is 19.0 Å². The molecule has 0 saturated heterocycles. The van der Waals surface area contributed by atoms with Gasteiger partial charge in [-0.2, -0.15) is 5.10 Å². The summed E-state index contributed by atoms with van der Waals surface area (Å²) in [6.07, 6.45) is 1.88. The number of methoxy groups -OCH3 is 2. The quantitative estimate of drug-likeness (QED) is 0.579. The lowest BCUT2D eigenvalue weighted by Crippen LogP contribution is -2.18. The number of carbonyl (C=O) groups excluding carboxylic acids is 1. The number of anilines is 1. The van der Waals surface area contributed by atoms with Crippen molar-refractivity contribution in [3.8, 4) is 17.2 Å². The smallest absolute Gasteiger partial charge is 0.228 e. The zero-order valence-electron chi connectivity index (χ0n) is 17.8. The van der Waals surface area contributed by atoms with Crippen LogP contribution in [-0.2, 0) is 11.3 Å². The maximum Gasteiger partial charge on any atom is 0.228 e. The molecule has 158 valence electrons. The molecule has 30 heavy (non-hydrogen) atoms. The van der Waals surface area contributed by atoms with Gasteiger partial charge in [-0.15, -0.1) is 0 Å². The molecule has 3 aromatic rings. The van der Waals surface area contributed by atoms with E-state index in [1.807, 2.05) is 44.2 Å². The molecule has 1 heterocycles. The van der Waals surface area contributed by atoms with Crippen molar-refractivity contribution in [1.82, 2.24) is 9.78 Å². The van der Waals surface area contributed by atoms with Crippen molar-refractivity contribution in [2.75, 3.05) is 26.1 Å². The monoisotopic (exact) mass is 409 g/mol. The van der Waals surface area contributed by atoms with Crippen LogP contribution in [0, 0.1) is 13.8 Å². The third kappa shape index (κ3) is 5.31. The van der Waals surface area contributed by atoms with E-state index in [1.54, 1.807) is 31.2 Å². The number of hydrogen-bond acceptors (Lipinski definition) is 5. The maximum absolute atomic E-state index is 12.4. The Kier molecular flexibility index (Phi) is 6.95. The first-order valence-electron chi connectivity index (χ1n) is 9.72. The Morgan fingerprint density at radius 3 is 2.53 bits per heavy atom. The minimum Gasteiger partial charge on any atom is -0.493 e. The van der Waals surface area contributed by atoms with Gasteiger partial charge >= 0.3 is 0 Å². The largest absolute Gasteiger partial charge is 0.493 e. The molecule has 0 bridgehead atoms. The van der Waals surface area contributed by atoms with Crippen molar-refractivity contribution >= 4 is 11.7 Å². The standard InChI is InChI=1S/C23H27N3O4/c1-16-12-17(2)14-19(13-16)30-11-9-22(27)25-21-8-10-24-26(21)15-18-6-5-7-20(28-3)23(18)29-4/h5-8,10,12-14H,9,11,15H2,1-4H3,(H,25,27). The summed E-state index contributed by atoms with van der Waals surface area (Å²) in [5.74, 6) is 2.54. The van der Waals surface area contributed by atoms with Gasteiger partial charge in [0, 0.05) is 11.6 Å². The summed E-state index contributed by atoms with van der Waals surface area (Å²) < 4.78 is 18.3. The third-order valence-electron chi connectivity index (χ3n) is 4.58. The minimum atomic E-state index is -0.140. The average Bonchev–Trinajstić information content (AvgIpc) is 3.13. The number of ether oxygens (including phenoxy) is 3. The molecule has 0 aliphatic heterocycles. The SMILES string of the molecule is COc1cccc(Cn2nccc2NC(=O)CCOc2cc(C)cc(C)c2)c1OC. The van der Waals surface area contributed by atoms with E-state index < -0.39 is 0 Å². The van der Waals surface area contributed by atoms with Gasteiger partial charge in [0.1, 0.15) is 11.6 Å². The predicted molar refractivity (Wildman–Crippen MR) is 116 cm³/mol. The van der Waals surface area contributed by atoms with Crippen molar-refractivity contribution in [1.29, 1.82) is 0 Å². The van der Waals surface area contributed by atoms with Crippen LogP contribution in [0.25, 0.3) is 0 Å². The molecule has 7 heteroatoms. The highest BCUT2D eigenvalue weighted by Crippen LogP contribution is 2.31. The lowest BCUT2D eigenvalue weighted by Gasteiger charge is -2.14. The average molecular weight is 409 g/mol. The second-order valence-electron chi connectivity index (χ2n) is 7.00. The van der Waals surface area contributed by atoms with Gasteiger partial charge in [0.15, 0.2) is 11.5 Å². The number of nitrogens with zero attached hydrogens (tertiary/aromatic N) is 2. The van der Waals surface area contributed by atoms with Crippen LogP contribution in [-0.4, -0.2) is 36.5 Å². The van der Waals surface area contributed by atoms with Crippen LogP contribution >= 0.6 is 0 Å². The number of aryl methyl sites for hydroxylation is 2. The van der Waals surface area contributed by atoms with Gasteiger partial charge in [-0.3, -0.25) is 4.79 Å².